The normalized spacial score (nSPS) is 27.0. The average Bonchev–Trinajstić information content (AvgIpc) is 3.05. The second kappa shape index (κ2) is 5.68. The lowest BCUT2D eigenvalue weighted by atomic mass is 9.80. The van der Waals surface area contributed by atoms with Gasteiger partial charge in [-0.1, -0.05) is 13.8 Å². The van der Waals surface area contributed by atoms with Gasteiger partial charge in [-0.3, -0.25) is 4.90 Å². The van der Waals surface area contributed by atoms with E-state index in [1.807, 2.05) is 11.3 Å². The summed E-state index contributed by atoms with van der Waals surface area (Å²) in [4.78, 5) is 7.29. The van der Waals surface area contributed by atoms with Gasteiger partial charge in [-0.2, -0.15) is 0 Å². The molecular formula is C14H24ClN3S. The van der Waals surface area contributed by atoms with Crippen molar-refractivity contribution in [3.8, 4) is 0 Å². The highest BCUT2D eigenvalue weighted by Crippen LogP contribution is 2.41. The molecule has 3 nitrogen and oxygen atoms in total. The lowest BCUT2D eigenvalue weighted by molar-refractivity contribution is 0.0890. The summed E-state index contributed by atoms with van der Waals surface area (Å²) in [6.07, 6.45) is 3.80. The number of nitrogens with zero attached hydrogens (tertiary/aromatic N) is 2. The van der Waals surface area contributed by atoms with Crippen molar-refractivity contribution < 1.29 is 0 Å². The fourth-order valence-corrected chi connectivity index (χ4v) is 3.74. The molecule has 1 saturated heterocycles. The first kappa shape index (κ1) is 15.2. The van der Waals surface area contributed by atoms with Crippen LogP contribution in [0.1, 0.15) is 49.7 Å². The minimum absolute atomic E-state index is 0. The Labute approximate surface area is 126 Å². The molecule has 19 heavy (non-hydrogen) atoms. The van der Waals surface area contributed by atoms with E-state index in [2.05, 4.69) is 24.1 Å². The number of hydrogen-bond donors (Lipinski definition) is 1. The topological polar surface area (TPSA) is 42.2 Å². The third-order valence-corrected chi connectivity index (χ3v) is 5.33. The van der Waals surface area contributed by atoms with Gasteiger partial charge in [-0.05, 0) is 24.7 Å². The third kappa shape index (κ3) is 3.48. The van der Waals surface area contributed by atoms with Crippen LogP contribution in [0.15, 0.2) is 5.38 Å². The summed E-state index contributed by atoms with van der Waals surface area (Å²) in [5.74, 6) is 0.787. The molecule has 1 atom stereocenters. The molecule has 0 bridgehead atoms. The number of aromatic nitrogens is 1. The lowest BCUT2D eigenvalue weighted by Crippen LogP contribution is -2.52. The molecule has 1 aromatic heterocycles. The van der Waals surface area contributed by atoms with Crippen molar-refractivity contribution in [1.29, 1.82) is 0 Å². The van der Waals surface area contributed by atoms with Gasteiger partial charge in [0.1, 0.15) is 0 Å². The molecule has 0 radical (unpaired) electrons. The number of piperidine rings is 1. The van der Waals surface area contributed by atoms with Crippen molar-refractivity contribution in [2.24, 2.45) is 11.1 Å². The van der Waals surface area contributed by atoms with E-state index in [4.69, 9.17) is 10.7 Å². The fourth-order valence-electron chi connectivity index (χ4n) is 2.76. The Bertz CT molecular complexity index is 428. The smallest absolute Gasteiger partial charge is 0.0959 e. The van der Waals surface area contributed by atoms with Crippen molar-refractivity contribution >= 4 is 23.7 Å². The van der Waals surface area contributed by atoms with Gasteiger partial charge in [-0.15, -0.1) is 23.7 Å². The van der Waals surface area contributed by atoms with Crippen LogP contribution in [0.2, 0.25) is 0 Å². The summed E-state index contributed by atoms with van der Waals surface area (Å²) >= 11 is 1.85. The van der Waals surface area contributed by atoms with Crippen molar-refractivity contribution in [2.45, 2.75) is 51.6 Å². The quantitative estimate of drug-likeness (QED) is 0.933. The minimum Gasteiger partial charge on any atom is -0.327 e. The number of likely N-dealkylation sites (tertiary alicyclic amines) is 1. The van der Waals surface area contributed by atoms with E-state index in [1.165, 1.54) is 23.5 Å². The Hall–Kier alpha value is -0.160. The molecule has 1 aliphatic heterocycles. The third-order valence-electron chi connectivity index (χ3n) is 4.27. The Morgan fingerprint density at radius 3 is 2.79 bits per heavy atom. The maximum atomic E-state index is 6.18. The van der Waals surface area contributed by atoms with Gasteiger partial charge >= 0.3 is 0 Å². The van der Waals surface area contributed by atoms with Crippen LogP contribution >= 0.6 is 23.7 Å². The molecule has 1 saturated carbocycles. The minimum atomic E-state index is 0. The molecule has 2 N–H and O–H groups in total. The van der Waals surface area contributed by atoms with Crippen LogP contribution < -0.4 is 5.73 Å². The number of hydrogen-bond acceptors (Lipinski definition) is 4. The molecular weight excluding hydrogens is 278 g/mol. The van der Waals surface area contributed by atoms with Gasteiger partial charge < -0.3 is 5.73 Å². The van der Waals surface area contributed by atoms with Crippen LogP contribution in [0.4, 0.5) is 0 Å². The van der Waals surface area contributed by atoms with Crippen LogP contribution in [0.25, 0.3) is 0 Å². The van der Waals surface area contributed by atoms with Crippen LogP contribution in [-0.4, -0.2) is 29.0 Å². The largest absolute Gasteiger partial charge is 0.327 e. The summed E-state index contributed by atoms with van der Waals surface area (Å²) in [6, 6.07) is 0.339. The zero-order valence-corrected chi connectivity index (χ0v) is 13.4. The second-order valence-corrected chi connectivity index (χ2v) is 7.44. The lowest BCUT2D eigenvalue weighted by Gasteiger charge is -2.42. The molecule has 1 aliphatic carbocycles. The van der Waals surface area contributed by atoms with Crippen molar-refractivity contribution in [1.82, 2.24) is 9.88 Å². The van der Waals surface area contributed by atoms with Crippen LogP contribution in [-0.2, 0) is 6.54 Å². The predicted octanol–water partition coefficient (Wildman–Crippen LogP) is 3.00. The number of halogens is 1. The molecule has 0 amide bonds. The molecule has 5 heteroatoms. The molecule has 1 aromatic rings. The van der Waals surface area contributed by atoms with Crippen LogP contribution in [0.3, 0.4) is 0 Å². The van der Waals surface area contributed by atoms with Crippen molar-refractivity contribution in [2.75, 3.05) is 13.1 Å². The predicted molar refractivity (Wildman–Crippen MR) is 83.0 cm³/mol. The van der Waals surface area contributed by atoms with Gasteiger partial charge in [0.2, 0.25) is 0 Å². The van der Waals surface area contributed by atoms with E-state index in [-0.39, 0.29) is 17.8 Å². The number of nitrogens with two attached hydrogens (primary N) is 1. The maximum Gasteiger partial charge on any atom is 0.0959 e. The Balaban J connectivity index is 0.00000133. The van der Waals surface area contributed by atoms with E-state index < -0.39 is 0 Å². The molecule has 0 aromatic carbocycles. The standard InChI is InChI=1S/C14H23N3S.ClH/c1-14(2)9-17(6-5-12(14)15)7-11-8-18-13(16-11)10-3-4-10;/h8,10,12H,3-7,9,15H2,1-2H3;1H. The Morgan fingerprint density at radius 2 is 2.16 bits per heavy atom. The SMILES string of the molecule is CC1(C)CN(Cc2csc(C3CC3)n2)CCC1N.Cl. The first-order valence-electron chi connectivity index (χ1n) is 6.97. The summed E-state index contributed by atoms with van der Waals surface area (Å²) in [5, 5.41) is 3.60. The van der Waals surface area contributed by atoms with E-state index in [0.29, 0.717) is 6.04 Å². The summed E-state index contributed by atoms with van der Waals surface area (Å²) in [7, 11) is 0. The Morgan fingerprint density at radius 1 is 1.42 bits per heavy atom. The fraction of sp³-hybridized carbons (Fsp3) is 0.786. The molecule has 2 aliphatic rings. The van der Waals surface area contributed by atoms with E-state index in [1.54, 1.807) is 0 Å². The van der Waals surface area contributed by atoms with E-state index in [0.717, 1.165) is 32.0 Å². The molecule has 1 unspecified atom stereocenters. The molecule has 0 spiro atoms. The van der Waals surface area contributed by atoms with E-state index in [9.17, 15) is 0 Å². The monoisotopic (exact) mass is 301 g/mol. The summed E-state index contributed by atoms with van der Waals surface area (Å²) in [6.45, 7) is 7.76. The zero-order valence-electron chi connectivity index (χ0n) is 11.8. The maximum absolute atomic E-state index is 6.18. The highest BCUT2D eigenvalue weighted by atomic mass is 35.5. The number of thiazole rings is 1. The van der Waals surface area contributed by atoms with Crippen molar-refractivity contribution in [3.63, 3.8) is 0 Å². The summed E-state index contributed by atoms with van der Waals surface area (Å²) in [5.41, 5.74) is 7.67. The van der Waals surface area contributed by atoms with Crippen LogP contribution in [0, 0.1) is 5.41 Å². The van der Waals surface area contributed by atoms with Gasteiger partial charge in [0.25, 0.3) is 0 Å². The first-order valence-corrected chi connectivity index (χ1v) is 7.85. The van der Waals surface area contributed by atoms with Gasteiger partial charge in [0, 0.05) is 37.0 Å². The highest BCUT2D eigenvalue weighted by Gasteiger charge is 2.33. The average molecular weight is 302 g/mol. The van der Waals surface area contributed by atoms with Gasteiger partial charge in [0.05, 0.1) is 10.7 Å². The molecule has 2 heterocycles. The first-order chi connectivity index (χ1) is 8.54. The van der Waals surface area contributed by atoms with Crippen LogP contribution in [0.5, 0.6) is 0 Å². The molecule has 3 rings (SSSR count). The van der Waals surface area contributed by atoms with Crippen molar-refractivity contribution in [3.05, 3.63) is 16.1 Å². The Kier molecular flexibility index (Phi) is 4.56. The van der Waals surface area contributed by atoms with E-state index >= 15 is 0 Å². The zero-order chi connectivity index (χ0) is 12.8. The summed E-state index contributed by atoms with van der Waals surface area (Å²) < 4.78 is 0. The van der Waals surface area contributed by atoms with Gasteiger partial charge in [-0.25, -0.2) is 4.98 Å². The van der Waals surface area contributed by atoms with Gasteiger partial charge in [0.15, 0.2) is 0 Å². The molecule has 108 valence electrons. The second-order valence-electron chi connectivity index (χ2n) is 6.55. The highest BCUT2D eigenvalue weighted by molar-refractivity contribution is 7.09. The molecule has 2 fully saturated rings. The number of rotatable bonds is 3.